The first kappa shape index (κ1) is 16.4. The minimum Gasteiger partial charge on any atom is -0.465 e. The minimum absolute atomic E-state index is 0.212. The standard InChI is InChI=1S/C15H29NO3/c1-5-18-14(17)15(4,16-12(2)3)11-19-13-9-7-6-8-10-13/h12-13,16H,5-11H2,1-4H3. The smallest absolute Gasteiger partial charge is 0.328 e. The predicted molar refractivity (Wildman–Crippen MR) is 76.1 cm³/mol. The minimum atomic E-state index is -0.748. The van der Waals surface area contributed by atoms with Crippen LogP contribution in [-0.4, -0.2) is 36.9 Å². The molecule has 0 saturated heterocycles. The summed E-state index contributed by atoms with van der Waals surface area (Å²) in [6.07, 6.45) is 6.30. The zero-order valence-electron chi connectivity index (χ0n) is 12.8. The van der Waals surface area contributed by atoms with Gasteiger partial charge in [-0.25, -0.2) is 4.79 Å². The lowest BCUT2D eigenvalue weighted by molar-refractivity contribution is -0.155. The molecule has 0 aliphatic heterocycles. The molecule has 1 aliphatic rings. The Hall–Kier alpha value is -0.610. The van der Waals surface area contributed by atoms with Crippen LogP contribution in [0.2, 0.25) is 0 Å². The van der Waals surface area contributed by atoms with E-state index in [-0.39, 0.29) is 12.0 Å². The predicted octanol–water partition coefficient (Wildman–Crippen LogP) is 2.66. The van der Waals surface area contributed by atoms with Crippen molar-refractivity contribution in [1.29, 1.82) is 0 Å². The van der Waals surface area contributed by atoms with Gasteiger partial charge in [0, 0.05) is 6.04 Å². The third-order valence-electron chi connectivity index (χ3n) is 3.49. The first-order chi connectivity index (χ1) is 8.98. The Bertz CT molecular complexity index is 275. The van der Waals surface area contributed by atoms with Gasteiger partial charge in [0.05, 0.1) is 19.3 Å². The van der Waals surface area contributed by atoms with Gasteiger partial charge in [-0.3, -0.25) is 5.32 Å². The second kappa shape index (κ2) is 7.85. The number of hydrogen-bond acceptors (Lipinski definition) is 4. The molecule has 1 fully saturated rings. The molecule has 0 bridgehead atoms. The molecule has 0 aromatic rings. The molecule has 1 atom stereocenters. The fourth-order valence-electron chi connectivity index (χ4n) is 2.60. The summed E-state index contributed by atoms with van der Waals surface area (Å²) in [5.41, 5.74) is -0.748. The van der Waals surface area contributed by atoms with Crippen molar-refractivity contribution in [3.63, 3.8) is 0 Å². The monoisotopic (exact) mass is 271 g/mol. The van der Waals surface area contributed by atoms with E-state index in [9.17, 15) is 4.79 Å². The molecule has 0 aromatic heterocycles. The summed E-state index contributed by atoms with van der Waals surface area (Å²) in [5.74, 6) is -0.223. The second-order valence-electron chi connectivity index (χ2n) is 5.92. The van der Waals surface area contributed by atoms with Gasteiger partial charge in [-0.15, -0.1) is 0 Å². The molecule has 112 valence electrons. The molecule has 1 saturated carbocycles. The van der Waals surface area contributed by atoms with E-state index in [2.05, 4.69) is 5.32 Å². The number of rotatable bonds is 7. The maximum absolute atomic E-state index is 12.1. The van der Waals surface area contributed by atoms with Crippen molar-refractivity contribution in [2.75, 3.05) is 13.2 Å². The third kappa shape index (κ3) is 5.49. The molecule has 4 nitrogen and oxygen atoms in total. The van der Waals surface area contributed by atoms with E-state index >= 15 is 0 Å². The molecule has 0 heterocycles. The Kier molecular flexibility index (Phi) is 6.80. The van der Waals surface area contributed by atoms with Gasteiger partial charge in [-0.2, -0.15) is 0 Å². The fourth-order valence-corrected chi connectivity index (χ4v) is 2.60. The van der Waals surface area contributed by atoms with E-state index in [1.165, 1.54) is 19.3 Å². The summed E-state index contributed by atoms with van der Waals surface area (Å²) in [4.78, 5) is 12.1. The summed E-state index contributed by atoms with van der Waals surface area (Å²) in [6.45, 7) is 8.53. The van der Waals surface area contributed by atoms with Gasteiger partial charge in [0.1, 0.15) is 5.54 Å². The van der Waals surface area contributed by atoms with Crippen molar-refractivity contribution in [1.82, 2.24) is 5.32 Å². The van der Waals surface area contributed by atoms with Crippen LogP contribution in [-0.2, 0) is 14.3 Å². The topological polar surface area (TPSA) is 47.6 Å². The number of carbonyl (C=O) groups excluding carboxylic acids is 1. The Morgan fingerprint density at radius 2 is 1.95 bits per heavy atom. The van der Waals surface area contributed by atoms with Crippen molar-refractivity contribution in [2.45, 2.75) is 77.5 Å². The van der Waals surface area contributed by atoms with Crippen molar-refractivity contribution >= 4 is 5.97 Å². The van der Waals surface area contributed by atoms with Gasteiger partial charge in [-0.05, 0) is 40.5 Å². The molecule has 1 aliphatic carbocycles. The van der Waals surface area contributed by atoms with Crippen LogP contribution in [0.4, 0.5) is 0 Å². The van der Waals surface area contributed by atoms with E-state index in [0.29, 0.717) is 19.3 Å². The van der Waals surface area contributed by atoms with Crippen LogP contribution >= 0.6 is 0 Å². The van der Waals surface area contributed by atoms with Crippen molar-refractivity contribution in [3.05, 3.63) is 0 Å². The van der Waals surface area contributed by atoms with E-state index in [0.717, 1.165) is 12.8 Å². The molecule has 1 N–H and O–H groups in total. The molecule has 0 spiro atoms. The molecular weight excluding hydrogens is 242 g/mol. The van der Waals surface area contributed by atoms with E-state index < -0.39 is 5.54 Å². The van der Waals surface area contributed by atoms with Crippen molar-refractivity contribution in [3.8, 4) is 0 Å². The average molecular weight is 271 g/mol. The molecule has 0 radical (unpaired) electrons. The first-order valence-corrected chi connectivity index (χ1v) is 7.54. The largest absolute Gasteiger partial charge is 0.465 e. The maximum atomic E-state index is 12.1. The summed E-state index contributed by atoms with van der Waals surface area (Å²) >= 11 is 0. The SMILES string of the molecule is CCOC(=O)C(C)(COC1CCCCC1)NC(C)C. The fraction of sp³-hybridized carbons (Fsp3) is 0.933. The average Bonchev–Trinajstić information content (AvgIpc) is 2.37. The highest BCUT2D eigenvalue weighted by molar-refractivity contribution is 5.80. The number of nitrogens with one attached hydrogen (secondary N) is 1. The van der Waals surface area contributed by atoms with Crippen LogP contribution < -0.4 is 5.32 Å². The molecule has 1 unspecified atom stereocenters. The summed E-state index contributed by atoms with van der Waals surface area (Å²) in [5, 5.41) is 3.28. The maximum Gasteiger partial charge on any atom is 0.328 e. The van der Waals surface area contributed by atoms with Crippen LogP contribution in [0.15, 0.2) is 0 Å². The lowest BCUT2D eigenvalue weighted by atomic mass is 9.97. The van der Waals surface area contributed by atoms with Gasteiger partial charge in [0.15, 0.2) is 0 Å². The molecule has 19 heavy (non-hydrogen) atoms. The zero-order chi connectivity index (χ0) is 14.3. The van der Waals surface area contributed by atoms with Crippen LogP contribution in [0.25, 0.3) is 0 Å². The van der Waals surface area contributed by atoms with E-state index in [1.54, 1.807) is 0 Å². The number of carbonyl (C=O) groups is 1. The molecule has 4 heteroatoms. The van der Waals surface area contributed by atoms with Gasteiger partial charge >= 0.3 is 5.97 Å². The summed E-state index contributed by atoms with van der Waals surface area (Å²) in [6, 6.07) is 0.212. The summed E-state index contributed by atoms with van der Waals surface area (Å²) < 4.78 is 11.1. The van der Waals surface area contributed by atoms with E-state index in [1.807, 2.05) is 27.7 Å². The summed E-state index contributed by atoms with van der Waals surface area (Å²) in [7, 11) is 0. The Morgan fingerprint density at radius 3 is 2.47 bits per heavy atom. The van der Waals surface area contributed by atoms with Gasteiger partial charge < -0.3 is 9.47 Å². The molecule has 0 amide bonds. The highest BCUT2D eigenvalue weighted by Gasteiger charge is 2.36. The Labute approximate surface area is 117 Å². The third-order valence-corrected chi connectivity index (χ3v) is 3.49. The van der Waals surface area contributed by atoms with Crippen LogP contribution in [0.3, 0.4) is 0 Å². The number of ether oxygens (including phenoxy) is 2. The number of esters is 1. The van der Waals surface area contributed by atoms with Crippen LogP contribution in [0, 0.1) is 0 Å². The van der Waals surface area contributed by atoms with E-state index in [4.69, 9.17) is 9.47 Å². The zero-order valence-corrected chi connectivity index (χ0v) is 12.8. The molecular formula is C15H29NO3. The van der Waals surface area contributed by atoms with Gasteiger partial charge in [0.2, 0.25) is 0 Å². The first-order valence-electron chi connectivity index (χ1n) is 7.54. The van der Waals surface area contributed by atoms with Crippen LogP contribution in [0.1, 0.15) is 59.8 Å². The van der Waals surface area contributed by atoms with Crippen LogP contribution in [0.5, 0.6) is 0 Å². The lowest BCUT2D eigenvalue weighted by Gasteiger charge is -2.33. The Morgan fingerprint density at radius 1 is 1.32 bits per heavy atom. The highest BCUT2D eigenvalue weighted by atomic mass is 16.5. The quantitative estimate of drug-likeness (QED) is 0.723. The van der Waals surface area contributed by atoms with Crippen molar-refractivity contribution < 1.29 is 14.3 Å². The lowest BCUT2D eigenvalue weighted by Crippen LogP contribution is -2.56. The number of hydrogen-bond donors (Lipinski definition) is 1. The second-order valence-corrected chi connectivity index (χ2v) is 5.92. The van der Waals surface area contributed by atoms with Gasteiger partial charge in [0.25, 0.3) is 0 Å². The van der Waals surface area contributed by atoms with Crippen molar-refractivity contribution in [2.24, 2.45) is 0 Å². The Balaban J connectivity index is 2.54. The van der Waals surface area contributed by atoms with Gasteiger partial charge in [-0.1, -0.05) is 19.3 Å². The highest BCUT2D eigenvalue weighted by Crippen LogP contribution is 2.22. The molecule has 0 aromatic carbocycles. The molecule has 1 rings (SSSR count). The normalized spacial score (nSPS) is 20.3.